The molecule has 0 aromatic carbocycles. The monoisotopic (exact) mass is 526 g/mol. The van der Waals surface area contributed by atoms with Crippen LogP contribution < -0.4 is 5.32 Å². The van der Waals surface area contributed by atoms with E-state index in [1.54, 1.807) is 12.4 Å². The smallest absolute Gasteiger partial charge is 0.240 e. The van der Waals surface area contributed by atoms with Crippen LogP contribution in [0.15, 0.2) is 22.7 Å². The van der Waals surface area contributed by atoms with Gasteiger partial charge in [-0.15, -0.1) is 0 Å². The van der Waals surface area contributed by atoms with Gasteiger partial charge in [0.15, 0.2) is 10.3 Å². The van der Waals surface area contributed by atoms with Gasteiger partial charge in [0.2, 0.25) is 5.91 Å². The molecule has 1 aliphatic carbocycles. The Morgan fingerprint density at radius 1 is 1.03 bits per heavy atom. The molecule has 8 nitrogen and oxygen atoms in total. The first kappa shape index (κ1) is 23.6. The molecule has 0 bridgehead atoms. The van der Waals surface area contributed by atoms with Crippen LogP contribution in [0.25, 0.3) is 0 Å². The summed E-state index contributed by atoms with van der Waals surface area (Å²) in [6, 6.07) is -0.584. The molecule has 3 fully saturated rings. The lowest BCUT2D eigenvalue weighted by Gasteiger charge is -2.51. The number of fused-ring (bicyclic) bond motifs is 2. The molecule has 1 amide bonds. The van der Waals surface area contributed by atoms with Crippen molar-refractivity contribution in [2.24, 2.45) is 0 Å². The van der Waals surface area contributed by atoms with Gasteiger partial charge in [-0.1, -0.05) is 66.0 Å². The summed E-state index contributed by atoms with van der Waals surface area (Å²) in [6.07, 6.45) is 11.2. The molecule has 3 unspecified atom stereocenters. The Kier molecular flexibility index (Phi) is 6.76. The van der Waals surface area contributed by atoms with Gasteiger partial charge in [0.05, 0.1) is 5.56 Å². The molecule has 12 heteroatoms. The number of halogens is 2. The van der Waals surface area contributed by atoms with Crippen molar-refractivity contribution >= 4 is 52.6 Å². The fraction of sp³-hybridized carbons (Fsp3) is 0.571. The summed E-state index contributed by atoms with van der Waals surface area (Å²) in [6.45, 7) is 0.575. The summed E-state index contributed by atoms with van der Waals surface area (Å²) in [7, 11) is 0. The van der Waals surface area contributed by atoms with E-state index >= 15 is 0 Å². The second-order valence-electron chi connectivity index (χ2n) is 8.47. The zero-order chi connectivity index (χ0) is 23.2. The number of hydrogen-bond acceptors (Lipinski definition) is 9. The van der Waals surface area contributed by atoms with Crippen molar-refractivity contribution in [3.63, 3.8) is 0 Å². The lowest BCUT2D eigenvalue weighted by atomic mass is 9.77. The van der Waals surface area contributed by atoms with Crippen molar-refractivity contribution < 1.29 is 9.53 Å². The summed E-state index contributed by atoms with van der Waals surface area (Å²) >= 11 is 16.0. The Morgan fingerprint density at radius 3 is 2.21 bits per heavy atom. The summed E-state index contributed by atoms with van der Waals surface area (Å²) in [5.41, 5.74) is 1.01. The van der Waals surface area contributed by atoms with Crippen LogP contribution in [0, 0.1) is 0 Å². The summed E-state index contributed by atoms with van der Waals surface area (Å²) in [5, 5.41) is 4.91. The van der Waals surface area contributed by atoms with E-state index in [0.29, 0.717) is 33.1 Å². The predicted octanol–water partition coefficient (Wildman–Crippen LogP) is 4.29. The number of nitrogens with zero attached hydrogens (tertiary/aromatic N) is 5. The predicted molar refractivity (Wildman–Crippen MR) is 129 cm³/mol. The normalized spacial score (nSPS) is 26.9. The fourth-order valence-electron chi connectivity index (χ4n) is 5.20. The Bertz CT molecular complexity index is 1070. The number of amides is 1. The van der Waals surface area contributed by atoms with Gasteiger partial charge in [0, 0.05) is 30.0 Å². The molecule has 1 N–H and O–H groups in total. The van der Waals surface area contributed by atoms with Crippen LogP contribution >= 0.6 is 46.7 Å². The van der Waals surface area contributed by atoms with Gasteiger partial charge in [-0.05, 0) is 25.4 Å². The van der Waals surface area contributed by atoms with E-state index in [0.717, 1.165) is 25.7 Å². The molecule has 176 valence electrons. The van der Waals surface area contributed by atoms with Gasteiger partial charge in [-0.3, -0.25) is 9.69 Å². The van der Waals surface area contributed by atoms with Crippen molar-refractivity contribution in [1.29, 1.82) is 0 Å². The van der Waals surface area contributed by atoms with E-state index in [-0.39, 0.29) is 16.6 Å². The Hall–Kier alpha value is -1.17. The molecule has 2 aromatic heterocycles. The largest absolute Gasteiger partial charge is 0.353 e. The molecule has 1 saturated carbocycles. The first-order chi connectivity index (χ1) is 16.0. The van der Waals surface area contributed by atoms with E-state index in [2.05, 4.69) is 30.2 Å². The van der Waals surface area contributed by atoms with E-state index in [1.807, 2.05) is 12.5 Å². The standard InChI is InChI=1S/C21H24Cl2N6O2S2/c1-32-19-24-8-11(15(22)27-19)14-13-17(30)26-10-21(6-4-3-5-7-21)29(13)18(31-14)12-9-25-20(33-2)28-16(12)23/h8-9,13-14,18H,3-7,10H2,1-2H3,(H,26,30). The van der Waals surface area contributed by atoms with Gasteiger partial charge < -0.3 is 10.1 Å². The molecule has 2 aromatic rings. The van der Waals surface area contributed by atoms with Crippen molar-refractivity contribution in [2.75, 3.05) is 19.1 Å². The average molecular weight is 528 g/mol. The van der Waals surface area contributed by atoms with Gasteiger partial charge in [0.25, 0.3) is 0 Å². The van der Waals surface area contributed by atoms with Gasteiger partial charge in [-0.25, -0.2) is 19.9 Å². The zero-order valence-corrected chi connectivity index (χ0v) is 21.4. The van der Waals surface area contributed by atoms with Crippen molar-refractivity contribution in [3.05, 3.63) is 33.8 Å². The Labute approximate surface area is 211 Å². The second kappa shape index (κ2) is 9.47. The van der Waals surface area contributed by atoms with Crippen molar-refractivity contribution in [3.8, 4) is 0 Å². The quantitative estimate of drug-likeness (QED) is 0.355. The number of ether oxygens (including phenoxy) is 1. The maximum Gasteiger partial charge on any atom is 0.240 e. The highest BCUT2D eigenvalue weighted by Crippen LogP contribution is 2.52. The fourth-order valence-corrected chi connectivity index (χ4v) is 6.44. The highest BCUT2D eigenvalue weighted by molar-refractivity contribution is 7.98. The summed E-state index contributed by atoms with van der Waals surface area (Å²) in [4.78, 5) is 33.1. The molecule has 1 spiro atoms. The molecule has 3 atom stereocenters. The van der Waals surface area contributed by atoms with Crippen molar-refractivity contribution in [1.82, 2.24) is 30.2 Å². The molecule has 2 aliphatic heterocycles. The number of thioether (sulfide) groups is 2. The van der Waals surface area contributed by atoms with E-state index in [4.69, 9.17) is 27.9 Å². The molecule has 4 heterocycles. The van der Waals surface area contributed by atoms with E-state index in [1.165, 1.54) is 29.9 Å². The van der Waals surface area contributed by atoms with Crippen LogP contribution in [0.1, 0.15) is 55.6 Å². The maximum atomic E-state index is 13.3. The second-order valence-corrected chi connectivity index (χ2v) is 10.7. The average Bonchev–Trinajstić information content (AvgIpc) is 3.24. The maximum absolute atomic E-state index is 13.3. The SMILES string of the molecule is CSc1ncc(C2OC(c3cnc(SC)nc3Cl)N3C2C(=O)NCC32CCCCC2)c(Cl)n1. The molecule has 5 rings (SSSR count). The highest BCUT2D eigenvalue weighted by Gasteiger charge is 2.59. The number of carbonyl (C=O) groups is 1. The van der Waals surface area contributed by atoms with E-state index < -0.39 is 18.4 Å². The van der Waals surface area contributed by atoms with Crippen LogP contribution in [0.2, 0.25) is 10.3 Å². The summed E-state index contributed by atoms with van der Waals surface area (Å²) in [5.74, 6) is -0.0958. The van der Waals surface area contributed by atoms with Crippen LogP contribution in [-0.2, 0) is 9.53 Å². The lowest BCUT2D eigenvalue weighted by molar-refractivity contribution is -0.138. The first-order valence-corrected chi connectivity index (χ1v) is 14.0. The lowest BCUT2D eigenvalue weighted by Crippen LogP contribution is -2.67. The van der Waals surface area contributed by atoms with Gasteiger partial charge in [-0.2, -0.15) is 0 Å². The molecular formula is C21H24Cl2N6O2S2. The Balaban J connectivity index is 1.63. The number of aromatic nitrogens is 4. The molecule has 0 radical (unpaired) electrons. The molecule has 33 heavy (non-hydrogen) atoms. The van der Waals surface area contributed by atoms with Gasteiger partial charge in [0.1, 0.15) is 28.7 Å². The third-order valence-electron chi connectivity index (χ3n) is 6.74. The molecular weight excluding hydrogens is 503 g/mol. The van der Waals surface area contributed by atoms with Gasteiger partial charge >= 0.3 is 0 Å². The van der Waals surface area contributed by atoms with Crippen LogP contribution in [0.4, 0.5) is 0 Å². The Morgan fingerprint density at radius 2 is 1.64 bits per heavy atom. The minimum absolute atomic E-state index is 0.0958. The van der Waals surface area contributed by atoms with E-state index in [9.17, 15) is 4.79 Å². The summed E-state index contributed by atoms with van der Waals surface area (Å²) < 4.78 is 6.61. The number of hydrogen-bond donors (Lipinski definition) is 1. The number of piperazine rings is 1. The number of nitrogens with one attached hydrogen (secondary N) is 1. The molecule has 2 saturated heterocycles. The minimum Gasteiger partial charge on any atom is -0.353 e. The van der Waals surface area contributed by atoms with Crippen molar-refractivity contribution in [2.45, 2.75) is 66.3 Å². The minimum atomic E-state index is -0.645. The van der Waals surface area contributed by atoms with Crippen LogP contribution in [0.5, 0.6) is 0 Å². The molecule has 3 aliphatic rings. The third-order valence-corrected chi connectivity index (χ3v) is 8.47. The number of carbonyl (C=O) groups excluding carboxylic acids is 1. The van der Waals surface area contributed by atoms with Crippen LogP contribution in [0.3, 0.4) is 0 Å². The number of rotatable bonds is 4. The van der Waals surface area contributed by atoms with Crippen LogP contribution in [-0.4, -0.2) is 61.4 Å². The topological polar surface area (TPSA) is 93.1 Å². The third kappa shape index (κ3) is 4.12. The first-order valence-electron chi connectivity index (χ1n) is 10.8. The zero-order valence-electron chi connectivity index (χ0n) is 18.3. The highest BCUT2D eigenvalue weighted by atomic mass is 35.5.